The quantitative estimate of drug-likeness (QED) is 0.396. The van der Waals surface area contributed by atoms with Crippen molar-refractivity contribution in [2.75, 3.05) is 0 Å². The smallest absolute Gasteiger partial charge is 0.320 e. The molecular weight excluding hydrogens is 372 g/mol. The Morgan fingerprint density at radius 2 is 1.57 bits per heavy atom. The van der Waals surface area contributed by atoms with Crippen molar-refractivity contribution < 1.29 is 17.6 Å². The highest BCUT2D eigenvalue weighted by atomic mass is 32.2. The van der Waals surface area contributed by atoms with E-state index in [1.807, 2.05) is 69.3 Å². The predicted molar refractivity (Wildman–Crippen MR) is 110 cm³/mol. The van der Waals surface area contributed by atoms with Crippen molar-refractivity contribution in [3.63, 3.8) is 0 Å². The molecule has 0 unspecified atom stereocenters. The summed E-state index contributed by atoms with van der Waals surface area (Å²) in [4.78, 5) is 5.44. The van der Waals surface area contributed by atoms with Crippen molar-refractivity contribution in [1.82, 2.24) is 0 Å². The third-order valence-corrected chi connectivity index (χ3v) is 5.64. The third kappa shape index (κ3) is 4.80. The first kappa shape index (κ1) is 20.1. The van der Waals surface area contributed by atoms with E-state index in [-0.39, 0.29) is 10.8 Å². The molecule has 0 fully saturated rings. The number of benzene rings is 3. The van der Waals surface area contributed by atoms with Crippen LogP contribution in [0.2, 0.25) is 0 Å². The molecule has 0 saturated carbocycles. The summed E-state index contributed by atoms with van der Waals surface area (Å²) in [6, 6.07) is 22.3. The Balaban J connectivity index is 1.83. The van der Waals surface area contributed by atoms with E-state index < -0.39 is 10.1 Å². The van der Waals surface area contributed by atoms with Gasteiger partial charge in [-0.2, -0.15) is 8.42 Å². The van der Waals surface area contributed by atoms with E-state index in [0.29, 0.717) is 17.7 Å². The van der Waals surface area contributed by atoms with Gasteiger partial charge in [-0.1, -0.05) is 84.4 Å². The molecule has 0 aliphatic rings. The molecular formula is C23H24O4S. The molecule has 0 aromatic heterocycles. The lowest BCUT2D eigenvalue weighted by atomic mass is 10.0. The molecule has 0 atom stereocenters. The standard InChI is InChI=1S/C23H24O4S/c1-17(2)21-15-18(3)13-14-23(21)28(24,25)27-26-22-12-8-7-11-20(22)16-19-9-5-4-6-10-19/h4-15,17H,16H2,1-3H3. The first-order valence-electron chi connectivity index (χ1n) is 9.20. The molecule has 3 aromatic rings. The minimum absolute atomic E-state index is 0.0404. The highest BCUT2D eigenvalue weighted by molar-refractivity contribution is 7.86. The van der Waals surface area contributed by atoms with E-state index >= 15 is 0 Å². The van der Waals surface area contributed by atoms with Gasteiger partial charge in [0.2, 0.25) is 0 Å². The minimum atomic E-state index is -4.06. The Kier molecular flexibility index (Phi) is 6.17. The van der Waals surface area contributed by atoms with E-state index in [1.165, 1.54) is 0 Å². The van der Waals surface area contributed by atoms with Gasteiger partial charge in [0.1, 0.15) is 4.90 Å². The van der Waals surface area contributed by atoms with Crippen LogP contribution in [0, 0.1) is 6.92 Å². The van der Waals surface area contributed by atoms with Crippen LogP contribution >= 0.6 is 0 Å². The molecule has 5 heteroatoms. The summed E-state index contributed by atoms with van der Waals surface area (Å²) in [6.07, 6.45) is 0.613. The Morgan fingerprint density at radius 1 is 0.893 bits per heavy atom. The van der Waals surface area contributed by atoms with Gasteiger partial charge in [-0.3, -0.25) is 0 Å². The lowest BCUT2D eigenvalue weighted by Crippen LogP contribution is -2.13. The van der Waals surface area contributed by atoms with Crippen molar-refractivity contribution in [3.8, 4) is 5.75 Å². The van der Waals surface area contributed by atoms with Crippen molar-refractivity contribution in [3.05, 3.63) is 95.1 Å². The van der Waals surface area contributed by atoms with E-state index in [9.17, 15) is 8.42 Å². The number of para-hydroxylation sites is 1. The minimum Gasteiger partial charge on any atom is -0.320 e. The fourth-order valence-electron chi connectivity index (χ4n) is 3.01. The van der Waals surface area contributed by atoms with Gasteiger partial charge in [-0.05, 0) is 36.1 Å². The molecule has 28 heavy (non-hydrogen) atoms. The van der Waals surface area contributed by atoms with Crippen molar-refractivity contribution in [2.24, 2.45) is 0 Å². The highest BCUT2D eigenvalue weighted by Crippen LogP contribution is 2.28. The van der Waals surface area contributed by atoms with Crippen LogP contribution in [0.4, 0.5) is 0 Å². The summed E-state index contributed by atoms with van der Waals surface area (Å²) < 4.78 is 30.5. The maximum atomic E-state index is 12.8. The zero-order valence-corrected chi connectivity index (χ0v) is 17.1. The molecule has 4 nitrogen and oxygen atoms in total. The van der Waals surface area contributed by atoms with E-state index in [0.717, 1.165) is 16.7 Å². The Bertz CT molecular complexity index is 1040. The lowest BCUT2D eigenvalue weighted by molar-refractivity contribution is -0.0934. The highest BCUT2D eigenvalue weighted by Gasteiger charge is 2.23. The lowest BCUT2D eigenvalue weighted by Gasteiger charge is -2.14. The van der Waals surface area contributed by atoms with Crippen LogP contribution in [0.5, 0.6) is 5.75 Å². The van der Waals surface area contributed by atoms with Gasteiger partial charge in [0, 0.05) is 12.0 Å². The average molecular weight is 397 g/mol. The van der Waals surface area contributed by atoms with Crippen LogP contribution in [-0.4, -0.2) is 8.42 Å². The molecule has 0 aliphatic heterocycles. The molecule has 0 saturated heterocycles. The first-order valence-corrected chi connectivity index (χ1v) is 10.6. The molecule has 3 aromatic carbocycles. The molecule has 0 bridgehead atoms. The largest absolute Gasteiger partial charge is 0.332 e. The molecule has 0 aliphatic carbocycles. The van der Waals surface area contributed by atoms with Gasteiger partial charge < -0.3 is 4.89 Å². The monoisotopic (exact) mass is 396 g/mol. The number of hydrogen-bond donors (Lipinski definition) is 0. The van der Waals surface area contributed by atoms with Gasteiger partial charge in [0.05, 0.1) is 0 Å². The topological polar surface area (TPSA) is 52.6 Å². The van der Waals surface area contributed by atoms with Gasteiger partial charge in [-0.25, -0.2) is 0 Å². The van der Waals surface area contributed by atoms with Crippen LogP contribution in [0.15, 0.2) is 77.7 Å². The fraction of sp³-hybridized carbons (Fsp3) is 0.217. The third-order valence-electron chi connectivity index (χ3n) is 4.48. The summed E-state index contributed by atoms with van der Waals surface area (Å²) in [5.41, 5.74) is 3.65. The summed E-state index contributed by atoms with van der Waals surface area (Å²) in [5.74, 6) is 0.423. The molecule has 0 radical (unpaired) electrons. The zero-order chi connectivity index (χ0) is 20.1. The zero-order valence-electron chi connectivity index (χ0n) is 16.3. The fourth-order valence-corrected chi connectivity index (χ4v) is 4.07. The molecule has 0 amide bonds. The van der Waals surface area contributed by atoms with Crippen molar-refractivity contribution in [2.45, 2.75) is 38.0 Å². The first-order chi connectivity index (χ1) is 13.4. The maximum absolute atomic E-state index is 12.8. The number of aryl methyl sites for hydroxylation is 1. The second kappa shape index (κ2) is 8.59. The second-order valence-corrected chi connectivity index (χ2v) is 8.56. The van der Waals surface area contributed by atoms with Crippen molar-refractivity contribution in [1.29, 1.82) is 0 Å². The van der Waals surface area contributed by atoms with Crippen LogP contribution in [0.3, 0.4) is 0 Å². The number of rotatable bonds is 7. The van der Waals surface area contributed by atoms with Crippen LogP contribution in [-0.2, 0) is 20.9 Å². The van der Waals surface area contributed by atoms with Gasteiger partial charge >= 0.3 is 10.1 Å². The van der Waals surface area contributed by atoms with Gasteiger partial charge in [-0.15, -0.1) is 0 Å². The summed E-state index contributed by atoms with van der Waals surface area (Å²) >= 11 is 0. The van der Waals surface area contributed by atoms with Crippen LogP contribution < -0.4 is 4.89 Å². The van der Waals surface area contributed by atoms with E-state index in [2.05, 4.69) is 0 Å². The van der Waals surface area contributed by atoms with Gasteiger partial charge in [0.25, 0.3) is 0 Å². The molecule has 0 spiro atoms. The predicted octanol–water partition coefficient (Wildman–Crippen LogP) is 5.41. The Labute approximate surface area is 166 Å². The van der Waals surface area contributed by atoms with E-state index in [1.54, 1.807) is 24.3 Å². The van der Waals surface area contributed by atoms with E-state index in [4.69, 9.17) is 9.22 Å². The summed E-state index contributed by atoms with van der Waals surface area (Å²) in [7, 11) is -4.06. The number of hydrogen-bond acceptors (Lipinski definition) is 4. The average Bonchev–Trinajstić information content (AvgIpc) is 2.68. The molecule has 0 heterocycles. The summed E-state index contributed by atoms with van der Waals surface area (Å²) in [5, 5.41) is 0. The van der Waals surface area contributed by atoms with Crippen molar-refractivity contribution >= 4 is 10.1 Å². The van der Waals surface area contributed by atoms with Crippen LogP contribution in [0.1, 0.15) is 42.0 Å². The molecule has 3 rings (SSSR count). The molecule has 146 valence electrons. The Hall–Kier alpha value is -2.63. The summed E-state index contributed by atoms with van der Waals surface area (Å²) in [6.45, 7) is 5.83. The van der Waals surface area contributed by atoms with Crippen LogP contribution in [0.25, 0.3) is 0 Å². The maximum Gasteiger partial charge on any atom is 0.332 e. The Morgan fingerprint density at radius 3 is 2.29 bits per heavy atom. The molecule has 0 N–H and O–H groups in total. The SMILES string of the molecule is Cc1ccc(S(=O)(=O)OOc2ccccc2Cc2ccccc2)c(C(C)C)c1. The van der Waals surface area contributed by atoms with Gasteiger partial charge in [0.15, 0.2) is 5.75 Å². The second-order valence-electron chi connectivity index (χ2n) is 7.07. The normalized spacial score (nSPS) is 11.6.